The molecule has 0 saturated heterocycles. The number of nitrogens with zero attached hydrogens (tertiary/aromatic N) is 2. The van der Waals surface area contributed by atoms with E-state index in [-0.39, 0.29) is 23.9 Å². The van der Waals surface area contributed by atoms with Crippen LogP contribution >= 0.6 is 0 Å². The molecular formula is C23H31N3O3. The summed E-state index contributed by atoms with van der Waals surface area (Å²) in [6, 6.07) is 4.10. The van der Waals surface area contributed by atoms with E-state index in [9.17, 15) is 9.59 Å². The van der Waals surface area contributed by atoms with Gasteiger partial charge in [-0.2, -0.15) is 0 Å². The Morgan fingerprint density at radius 1 is 1.10 bits per heavy atom. The van der Waals surface area contributed by atoms with Crippen LogP contribution in [0.1, 0.15) is 81.6 Å². The molecule has 5 rings (SSSR count). The molecule has 2 fully saturated rings. The zero-order valence-electron chi connectivity index (χ0n) is 17.3. The molecule has 0 radical (unpaired) electrons. The Labute approximate surface area is 171 Å². The minimum Gasteiger partial charge on any atom is -0.463 e. The van der Waals surface area contributed by atoms with Gasteiger partial charge in [-0.15, -0.1) is 0 Å². The molecule has 6 heteroatoms. The van der Waals surface area contributed by atoms with E-state index >= 15 is 0 Å². The van der Waals surface area contributed by atoms with Crippen LogP contribution in [0.25, 0.3) is 11.1 Å². The third-order valence-corrected chi connectivity index (χ3v) is 7.33. The fourth-order valence-corrected chi connectivity index (χ4v) is 5.73. The number of fused-ring (bicyclic) bond motifs is 3. The van der Waals surface area contributed by atoms with Crippen molar-refractivity contribution in [1.82, 2.24) is 14.8 Å². The smallest absolute Gasteiger partial charge is 0.271 e. The van der Waals surface area contributed by atoms with Gasteiger partial charge in [0, 0.05) is 24.2 Å². The Morgan fingerprint density at radius 2 is 1.79 bits per heavy atom. The van der Waals surface area contributed by atoms with Gasteiger partial charge in [-0.3, -0.25) is 9.59 Å². The number of amides is 2. The van der Waals surface area contributed by atoms with Crippen LogP contribution in [-0.2, 0) is 11.3 Å². The maximum absolute atomic E-state index is 13.7. The molecule has 0 spiro atoms. The van der Waals surface area contributed by atoms with E-state index in [4.69, 9.17) is 4.42 Å². The molecule has 1 N–H and O–H groups in total. The Kier molecular flexibility index (Phi) is 4.67. The fourth-order valence-electron chi connectivity index (χ4n) is 5.73. The normalized spacial score (nSPS) is 26.7. The summed E-state index contributed by atoms with van der Waals surface area (Å²) in [5.41, 5.74) is 1.38. The number of aromatic nitrogens is 1. The Morgan fingerprint density at radius 3 is 2.52 bits per heavy atom. The fraction of sp³-hybridized carbons (Fsp3) is 0.652. The first kappa shape index (κ1) is 18.8. The van der Waals surface area contributed by atoms with E-state index in [0.717, 1.165) is 44.0 Å². The lowest BCUT2D eigenvalue weighted by Gasteiger charge is -2.49. The van der Waals surface area contributed by atoms with Crippen molar-refractivity contribution in [2.75, 3.05) is 0 Å². The summed E-state index contributed by atoms with van der Waals surface area (Å²) < 4.78 is 7.54. The molecule has 6 nitrogen and oxygen atoms in total. The van der Waals surface area contributed by atoms with Crippen molar-refractivity contribution >= 4 is 22.9 Å². The molecule has 1 aliphatic heterocycles. The minimum absolute atomic E-state index is 0.000631. The lowest BCUT2D eigenvalue weighted by molar-refractivity contribution is -0.135. The highest BCUT2D eigenvalue weighted by molar-refractivity contribution is 6.03. The summed E-state index contributed by atoms with van der Waals surface area (Å²) >= 11 is 0. The highest BCUT2D eigenvalue weighted by Gasteiger charge is 2.51. The van der Waals surface area contributed by atoms with Crippen molar-refractivity contribution < 1.29 is 14.0 Å². The van der Waals surface area contributed by atoms with Gasteiger partial charge in [-0.1, -0.05) is 38.5 Å². The van der Waals surface area contributed by atoms with Gasteiger partial charge in [-0.25, -0.2) is 0 Å². The highest BCUT2D eigenvalue weighted by Crippen LogP contribution is 2.37. The number of hydrogen-bond donors (Lipinski definition) is 1. The number of carbonyl (C=O) groups is 2. The topological polar surface area (TPSA) is 67.5 Å². The van der Waals surface area contributed by atoms with Crippen molar-refractivity contribution in [2.45, 2.75) is 95.3 Å². The van der Waals surface area contributed by atoms with Crippen molar-refractivity contribution in [3.05, 3.63) is 24.1 Å². The maximum Gasteiger partial charge on any atom is 0.271 e. The van der Waals surface area contributed by atoms with Crippen LogP contribution < -0.4 is 5.32 Å². The SMILES string of the molecule is C[C@@]1(C(=O)NC2CCCCC2)Cn2c(cc3occc32)C(=O)N1C1CCCCC1. The Hall–Kier alpha value is -2.24. The third kappa shape index (κ3) is 3.08. The second-order valence-corrected chi connectivity index (χ2v) is 9.34. The number of hydrogen-bond acceptors (Lipinski definition) is 3. The van der Waals surface area contributed by atoms with E-state index in [1.807, 2.05) is 28.5 Å². The van der Waals surface area contributed by atoms with Gasteiger partial charge >= 0.3 is 0 Å². The zero-order chi connectivity index (χ0) is 20.0. The molecule has 2 aromatic heterocycles. The van der Waals surface area contributed by atoms with Crippen LogP contribution in [0.4, 0.5) is 0 Å². The average Bonchev–Trinajstić information content (AvgIpc) is 3.32. The molecule has 2 aromatic rings. The van der Waals surface area contributed by atoms with Crippen LogP contribution in [0.15, 0.2) is 22.8 Å². The predicted octanol–water partition coefficient (Wildman–Crippen LogP) is 4.23. The Balaban J connectivity index is 1.53. The second-order valence-electron chi connectivity index (χ2n) is 9.34. The van der Waals surface area contributed by atoms with E-state index in [1.165, 1.54) is 25.7 Å². The largest absolute Gasteiger partial charge is 0.463 e. The van der Waals surface area contributed by atoms with Gasteiger partial charge in [0.05, 0.1) is 18.3 Å². The molecule has 0 unspecified atom stereocenters. The predicted molar refractivity (Wildman–Crippen MR) is 111 cm³/mol. The molecule has 3 aliphatic rings. The van der Waals surface area contributed by atoms with Crippen LogP contribution in [-0.4, -0.2) is 38.9 Å². The van der Waals surface area contributed by atoms with Gasteiger partial charge in [0.25, 0.3) is 5.91 Å². The minimum atomic E-state index is -0.882. The molecule has 3 heterocycles. The molecule has 1 atom stereocenters. The number of rotatable bonds is 3. The third-order valence-electron chi connectivity index (χ3n) is 7.33. The molecule has 2 saturated carbocycles. The molecule has 156 valence electrons. The second kappa shape index (κ2) is 7.22. The lowest BCUT2D eigenvalue weighted by Crippen LogP contribution is -2.67. The van der Waals surface area contributed by atoms with Crippen LogP contribution in [0.2, 0.25) is 0 Å². The molecule has 2 amide bonds. The van der Waals surface area contributed by atoms with Crippen molar-refractivity contribution in [3.8, 4) is 0 Å². The van der Waals surface area contributed by atoms with Gasteiger partial charge in [0.1, 0.15) is 11.2 Å². The van der Waals surface area contributed by atoms with Gasteiger partial charge in [0.2, 0.25) is 5.91 Å². The van der Waals surface area contributed by atoms with Gasteiger partial charge in [0.15, 0.2) is 5.58 Å². The van der Waals surface area contributed by atoms with Crippen molar-refractivity contribution in [3.63, 3.8) is 0 Å². The van der Waals surface area contributed by atoms with Gasteiger partial charge < -0.3 is 19.2 Å². The van der Waals surface area contributed by atoms with Crippen molar-refractivity contribution in [1.29, 1.82) is 0 Å². The van der Waals surface area contributed by atoms with E-state index < -0.39 is 5.54 Å². The van der Waals surface area contributed by atoms with E-state index in [0.29, 0.717) is 17.8 Å². The monoisotopic (exact) mass is 397 g/mol. The van der Waals surface area contributed by atoms with Gasteiger partial charge in [-0.05, 0) is 32.6 Å². The summed E-state index contributed by atoms with van der Waals surface area (Å²) in [5, 5.41) is 3.31. The molecule has 0 aromatic carbocycles. The number of furan rings is 1. The van der Waals surface area contributed by atoms with Crippen molar-refractivity contribution in [2.24, 2.45) is 0 Å². The van der Waals surface area contributed by atoms with Crippen LogP contribution in [0, 0.1) is 0 Å². The summed E-state index contributed by atoms with van der Waals surface area (Å²) in [5.74, 6) is -0.0323. The highest BCUT2D eigenvalue weighted by atomic mass is 16.3. The quantitative estimate of drug-likeness (QED) is 0.843. The van der Waals surface area contributed by atoms with Crippen LogP contribution in [0.3, 0.4) is 0 Å². The summed E-state index contributed by atoms with van der Waals surface area (Å²) in [6.45, 7) is 2.44. The lowest BCUT2D eigenvalue weighted by atomic mass is 9.86. The number of carbonyl (C=O) groups excluding carboxylic acids is 2. The van der Waals surface area contributed by atoms with Crippen LogP contribution in [0.5, 0.6) is 0 Å². The maximum atomic E-state index is 13.7. The van der Waals surface area contributed by atoms with E-state index in [2.05, 4.69) is 5.32 Å². The average molecular weight is 398 g/mol. The first-order chi connectivity index (χ1) is 14.1. The first-order valence-electron chi connectivity index (χ1n) is 11.3. The van der Waals surface area contributed by atoms with E-state index in [1.54, 1.807) is 6.26 Å². The summed E-state index contributed by atoms with van der Waals surface area (Å²) in [7, 11) is 0. The zero-order valence-corrected chi connectivity index (χ0v) is 17.3. The standard InChI is InChI=1S/C23H31N3O3/c1-23(22(28)24-16-8-4-2-5-9-16)15-25-18-12-13-29-20(18)14-19(25)21(27)26(23)17-10-6-3-7-11-17/h12-14,16-17H,2-11,15H2,1H3,(H,24,28)/t23-/m0/s1. The molecule has 2 aliphatic carbocycles. The number of nitrogens with one attached hydrogen (secondary N) is 1. The molecular weight excluding hydrogens is 366 g/mol. The Bertz CT molecular complexity index is 917. The first-order valence-corrected chi connectivity index (χ1v) is 11.3. The molecule has 29 heavy (non-hydrogen) atoms. The summed E-state index contributed by atoms with van der Waals surface area (Å²) in [4.78, 5) is 29.3. The molecule has 0 bridgehead atoms. The summed E-state index contributed by atoms with van der Waals surface area (Å²) in [6.07, 6.45) is 12.7.